The van der Waals surface area contributed by atoms with Crippen molar-refractivity contribution in [1.82, 2.24) is 0 Å². The minimum absolute atomic E-state index is 0.178. The zero-order valence-electron chi connectivity index (χ0n) is 13.6. The lowest BCUT2D eigenvalue weighted by Crippen LogP contribution is -2.36. The second-order valence-electron chi connectivity index (χ2n) is 5.91. The van der Waals surface area contributed by atoms with Crippen LogP contribution in [0.2, 0.25) is 0 Å². The summed E-state index contributed by atoms with van der Waals surface area (Å²) in [4.78, 5) is 53.2. The van der Waals surface area contributed by atoms with Crippen LogP contribution in [0.15, 0.2) is 0 Å². The standard InChI is InChI=1S/C8H18O16P4/c9-6-5(21-7(4-1-2-4)8(6)22-25(10,11)12)3-20-27(16,17)24-28(18,19)23-26(13,14)15/h4-9H,1-3H2,(H,16,17)(H,18,19)(H2,10,11,12)(H2,13,14,15)/t5-,6?,7+,8+/m1/s1. The smallest absolute Gasteiger partial charge is 0.387 e. The van der Waals surface area contributed by atoms with E-state index in [0.717, 1.165) is 0 Å². The number of phosphoric acid groups is 4. The Labute approximate surface area is 157 Å². The van der Waals surface area contributed by atoms with Crippen LogP contribution < -0.4 is 0 Å². The predicted octanol–water partition coefficient (Wildman–Crippen LogP) is -0.654. The number of aliphatic hydroxyl groups is 1. The molecule has 2 rings (SSSR count). The van der Waals surface area contributed by atoms with Crippen molar-refractivity contribution in [1.29, 1.82) is 0 Å². The highest BCUT2D eigenvalue weighted by Crippen LogP contribution is 2.66. The fourth-order valence-electron chi connectivity index (χ4n) is 2.46. The SMILES string of the molecule is O=P(O)(O)O[C@H]1C(O)[C@@H](COP(=O)(O)OP(=O)(O)OP(=O)(O)O)O[C@H]1C1CC1. The maximum atomic E-state index is 11.7. The number of aliphatic hydroxyl groups excluding tert-OH is 1. The van der Waals surface area contributed by atoms with Gasteiger partial charge in [0.1, 0.15) is 18.3 Å². The number of ether oxygens (including phenoxy) is 1. The summed E-state index contributed by atoms with van der Waals surface area (Å²) in [6.07, 6.45) is -4.31. The summed E-state index contributed by atoms with van der Waals surface area (Å²) in [5.74, 6) is -0.178. The van der Waals surface area contributed by atoms with Crippen molar-refractivity contribution in [3.8, 4) is 0 Å². The molecule has 3 unspecified atom stereocenters. The number of rotatable bonds is 10. The van der Waals surface area contributed by atoms with Crippen LogP contribution in [0, 0.1) is 5.92 Å². The molecule has 0 aromatic rings. The van der Waals surface area contributed by atoms with E-state index in [4.69, 9.17) is 29.2 Å². The summed E-state index contributed by atoms with van der Waals surface area (Å²) in [5.41, 5.74) is 0. The first-order chi connectivity index (χ1) is 12.5. The Morgan fingerprint density at radius 2 is 1.43 bits per heavy atom. The average molecular weight is 494 g/mol. The fourth-order valence-corrected chi connectivity index (χ4v) is 6.05. The third kappa shape index (κ3) is 7.93. The summed E-state index contributed by atoms with van der Waals surface area (Å²) in [6, 6.07) is 0. The van der Waals surface area contributed by atoms with Crippen LogP contribution in [-0.2, 0) is 40.7 Å². The summed E-state index contributed by atoms with van der Waals surface area (Å²) in [7, 11) is -21.7. The van der Waals surface area contributed by atoms with Gasteiger partial charge in [0.05, 0.1) is 12.7 Å². The van der Waals surface area contributed by atoms with Gasteiger partial charge >= 0.3 is 31.3 Å². The molecule has 1 heterocycles. The normalized spacial score (nSPS) is 33.4. The van der Waals surface area contributed by atoms with Gasteiger partial charge in [-0.25, -0.2) is 18.3 Å². The van der Waals surface area contributed by atoms with Crippen molar-refractivity contribution in [3.63, 3.8) is 0 Å². The Hall–Kier alpha value is 0.440. The molecule has 20 heteroatoms. The highest BCUT2D eigenvalue weighted by molar-refractivity contribution is 7.66. The topological polar surface area (TPSA) is 256 Å². The van der Waals surface area contributed by atoms with Gasteiger partial charge in [0.15, 0.2) is 0 Å². The molecular formula is C8H18O16P4. The Kier molecular flexibility index (Phi) is 7.52. The Morgan fingerprint density at radius 1 is 0.857 bits per heavy atom. The fraction of sp³-hybridized carbons (Fsp3) is 1.00. The zero-order valence-corrected chi connectivity index (χ0v) is 17.2. The van der Waals surface area contributed by atoms with E-state index in [-0.39, 0.29) is 5.92 Å². The summed E-state index contributed by atoms with van der Waals surface area (Å²) >= 11 is 0. The van der Waals surface area contributed by atoms with E-state index >= 15 is 0 Å². The van der Waals surface area contributed by atoms with Crippen molar-refractivity contribution in [2.45, 2.75) is 37.3 Å². The average Bonchev–Trinajstić information content (AvgIpc) is 3.20. The molecule has 0 amide bonds. The van der Waals surface area contributed by atoms with Gasteiger partial charge in [-0.05, 0) is 18.8 Å². The Morgan fingerprint density at radius 3 is 1.89 bits per heavy atom. The molecule has 0 bridgehead atoms. The molecule has 2 aliphatic rings. The van der Waals surface area contributed by atoms with Crippen molar-refractivity contribution >= 4 is 31.3 Å². The Balaban J connectivity index is 1.99. The summed E-state index contributed by atoms with van der Waals surface area (Å²) < 4.78 is 65.7. The van der Waals surface area contributed by atoms with E-state index in [1.807, 2.05) is 0 Å². The molecule has 166 valence electrons. The van der Waals surface area contributed by atoms with Gasteiger partial charge in [-0.15, -0.1) is 0 Å². The second kappa shape index (κ2) is 8.52. The highest BCUT2D eigenvalue weighted by atomic mass is 31.3. The van der Waals surface area contributed by atoms with E-state index in [2.05, 4.69) is 17.7 Å². The molecule has 2 fully saturated rings. The van der Waals surface area contributed by atoms with Crippen LogP contribution in [0.3, 0.4) is 0 Å². The second-order valence-corrected chi connectivity index (χ2v) is 11.5. The molecule has 0 aromatic carbocycles. The van der Waals surface area contributed by atoms with Gasteiger partial charge in [0.2, 0.25) is 0 Å². The van der Waals surface area contributed by atoms with Gasteiger partial charge < -0.3 is 39.2 Å². The van der Waals surface area contributed by atoms with E-state index in [1.165, 1.54) is 0 Å². The van der Waals surface area contributed by atoms with Crippen molar-refractivity contribution in [2.24, 2.45) is 5.92 Å². The van der Waals surface area contributed by atoms with Crippen molar-refractivity contribution < 1.29 is 75.1 Å². The molecule has 1 saturated heterocycles. The quantitative estimate of drug-likeness (QED) is 0.186. The van der Waals surface area contributed by atoms with E-state index in [1.54, 1.807) is 0 Å². The van der Waals surface area contributed by atoms with Crippen LogP contribution in [0.1, 0.15) is 12.8 Å². The lowest BCUT2D eigenvalue weighted by atomic mass is 10.1. The molecule has 1 aliphatic heterocycles. The molecule has 0 radical (unpaired) electrons. The third-order valence-corrected chi connectivity index (χ3v) is 7.86. The van der Waals surface area contributed by atoms with Gasteiger partial charge in [-0.3, -0.25) is 9.05 Å². The summed E-state index contributed by atoms with van der Waals surface area (Å²) in [5, 5.41) is 10.1. The van der Waals surface area contributed by atoms with E-state index in [9.17, 15) is 28.3 Å². The highest BCUT2D eigenvalue weighted by Gasteiger charge is 2.53. The molecule has 1 aliphatic carbocycles. The first kappa shape index (κ1) is 24.7. The van der Waals surface area contributed by atoms with Gasteiger partial charge in [0, 0.05) is 0 Å². The van der Waals surface area contributed by atoms with Crippen LogP contribution in [0.5, 0.6) is 0 Å². The van der Waals surface area contributed by atoms with Crippen LogP contribution >= 0.6 is 31.3 Å². The Bertz CT molecular complexity index is 752. The van der Waals surface area contributed by atoms with E-state index < -0.39 is 62.3 Å². The molecule has 0 aromatic heterocycles. The zero-order chi connectivity index (χ0) is 21.5. The molecule has 16 nitrogen and oxygen atoms in total. The molecular weight excluding hydrogens is 476 g/mol. The number of phosphoric ester groups is 2. The van der Waals surface area contributed by atoms with Crippen LogP contribution in [0.4, 0.5) is 0 Å². The molecule has 6 atom stereocenters. The molecule has 1 saturated carbocycles. The van der Waals surface area contributed by atoms with Gasteiger partial charge in [-0.1, -0.05) is 0 Å². The van der Waals surface area contributed by atoms with Crippen LogP contribution in [-0.4, -0.2) is 65.5 Å². The van der Waals surface area contributed by atoms with Crippen LogP contribution in [0.25, 0.3) is 0 Å². The van der Waals surface area contributed by atoms with E-state index in [0.29, 0.717) is 12.8 Å². The largest absolute Gasteiger partial charge is 0.490 e. The number of hydrogen-bond acceptors (Lipinski definition) is 10. The molecule has 28 heavy (non-hydrogen) atoms. The van der Waals surface area contributed by atoms with Crippen molar-refractivity contribution in [3.05, 3.63) is 0 Å². The van der Waals surface area contributed by atoms with Gasteiger partial charge in [0.25, 0.3) is 0 Å². The maximum absolute atomic E-state index is 11.7. The summed E-state index contributed by atoms with van der Waals surface area (Å²) in [6.45, 7) is -0.963. The monoisotopic (exact) mass is 494 g/mol. The minimum atomic E-state index is -5.70. The lowest BCUT2D eigenvalue weighted by molar-refractivity contribution is -0.0278. The van der Waals surface area contributed by atoms with Crippen molar-refractivity contribution in [2.75, 3.05) is 6.61 Å². The molecule has 7 N–H and O–H groups in total. The number of hydrogen-bond donors (Lipinski definition) is 7. The third-order valence-electron chi connectivity index (χ3n) is 3.54. The predicted molar refractivity (Wildman–Crippen MR) is 84.1 cm³/mol. The minimum Gasteiger partial charge on any atom is -0.387 e. The first-order valence-corrected chi connectivity index (χ1v) is 13.4. The van der Waals surface area contributed by atoms with Gasteiger partial charge in [-0.2, -0.15) is 8.62 Å². The first-order valence-electron chi connectivity index (χ1n) is 7.34. The molecule has 0 spiro atoms. The maximum Gasteiger partial charge on any atom is 0.490 e. The lowest BCUT2D eigenvalue weighted by Gasteiger charge is -2.21.